The number of urea groups is 2. The SMILES string of the molecule is CC(C)(C)c1ccc(CBr)cc1.CC(C)(C)c1ccc(CN2CCCN(Cc3ccc([N+](=O)[O-])cc3)C2=O)cc1.O=C1NCCCN1Cc1ccc([N+](=O)[O-])cc1.[H-].[HH].[K+]. The fourth-order valence-electron chi connectivity index (χ4n) is 6.28. The first-order valence-corrected chi connectivity index (χ1v) is 20.3. The zero-order valence-corrected chi connectivity index (χ0v) is 39.6. The van der Waals surface area contributed by atoms with E-state index in [-0.39, 0.29) is 88.5 Å². The summed E-state index contributed by atoms with van der Waals surface area (Å²) < 4.78 is 0. The van der Waals surface area contributed by atoms with Gasteiger partial charge in [0.05, 0.1) is 9.85 Å². The van der Waals surface area contributed by atoms with Gasteiger partial charge in [-0.3, -0.25) is 20.2 Å². The van der Waals surface area contributed by atoms with Crippen LogP contribution in [0, 0.1) is 20.2 Å². The number of nitrogens with one attached hydrogen (secondary N) is 1. The summed E-state index contributed by atoms with van der Waals surface area (Å²) in [6, 6.07) is 29.9. The van der Waals surface area contributed by atoms with Crippen LogP contribution in [0.15, 0.2) is 97.1 Å². The van der Waals surface area contributed by atoms with Crippen LogP contribution in [0.5, 0.6) is 0 Å². The molecule has 2 fully saturated rings. The van der Waals surface area contributed by atoms with Crippen molar-refractivity contribution in [2.75, 3.05) is 26.2 Å². The molecule has 2 saturated heterocycles. The van der Waals surface area contributed by atoms with Gasteiger partial charge in [-0.1, -0.05) is 130 Å². The third-order valence-corrected chi connectivity index (χ3v) is 10.4. The molecule has 0 radical (unpaired) electrons. The average molecular weight is 886 g/mol. The number of carbonyl (C=O) groups excluding carboxylic acids is 2. The predicted octanol–water partition coefficient (Wildman–Crippen LogP) is 7.47. The second-order valence-electron chi connectivity index (χ2n) is 16.4. The van der Waals surface area contributed by atoms with E-state index in [9.17, 15) is 29.8 Å². The molecule has 0 unspecified atom stereocenters. The summed E-state index contributed by atoms with van der Waals surface area (Å²) >= 11 is 3.43. The molecule has 12 nitrogen and oxygen atoms in total. The summed E-state index contributed by atoms with van der Waals surface area (Å²) in [5, 5.41) is 25.0. The smallest absolute Gasteiger partial charge is 1.00 e. The predicted molar refractivity (Wildman–Crippen MR) is 232 cm³/mol. The minimum atomic E-state index is -0.433. The number of hydrogen-bond acceptors (Lipinski definition) is 6. The van der Waals surface area contributed by atoms with E-state index in [4.69, 9.17) is 0 Å². The number of amides is 4. The molecule has 2 aliphatic heterocycles. The molecule has 0 aliphatic carbocycles. The normalized spacial score (nSPS) is 14.2. The number of alkyl halides is 1. The van der Waals surface area contributed by atoms with Crippen molar-refractivity contribution in [2.24, 2.45) is 0 Å². The Morgan fingerprint density at radius 2 is 0.948 bits per heavy atom. The molecule has 0 aromatic heterocycles. The molecular formula is C44H58BrKN6O6. The van der Waals surface area contributed by atoms with Gasteiger partial charge in [0.15, 0.2) is 0 Å². The average Bonchev–Trinajstić information content (AvgIpc) is 3.18. The maximum absolute atomic E-state index is 12.9. The number of nitrogens with zero attached hydrogens (tertiary/aromatic N) is 5. The zero-order chi connectivity index (χ0) is 41.8. The molecule has 0 saturated carbocycles. The molecule has 2 aliphatic rings. The summed E-state index contributed by atoms with van der Waals surface area (Å²) in [6.07, 6.45) is 1.84. The van der Waals surface area contributed by atoms with Crippen LogP contribution in [0.3, 0.4) is 0 Å². The van der Waals surface area contributed by atoms with Gasteiger partial charge in [0.25, 0.3) is 11.4 Å². The molecule has 308 valence electrons. The van der Waals surface area contributed by atoms with Crippen molar-refractivity contribution in [3.05, 3.63) is 151 Å². The van der Waals surface area contributed by atoms with Crippen molar-refractivity contribution in [1.29, 1.82) is 0 Å². The van der Waals surface area contributed by atoms with E-state index >= 15 is 0 Å². The maximum Gasteiger partial charge on any atom is 1.00 e. The monoisotopic (exact) mass is 884 g/mol. The zero-order valence-electron chi connectivity index (χ0n) is 35.9. The van der Waals surface area contributed by atoms with Crippen LogP contribution < -0.4 is 56.7 Å². The molecule has 58 heavy (non-hydrogen) atoms. The van der Waals surface area contributed by atoms with E-state index in [2.05, 4.69) is 111 Å². The Morgan fingerprint density at radius 1 is 0.603 bits per heavy atom. The van der Waals surface area contributed by atoms with E-state index < -0.39 is 9.85 Å². The Bertz CT molecular complexity index is 1960. The Kier molecular flexibility index (Phi) is 19.0. The number of benzene rings is 4. The third kappa shape index (κ3) is 15.2. The van der Waals surface area contributed by atoms with Crippen molar-refractivity contribution in [3.8, 4) is 0 Å². The van der Waals surface area contributed by atoms with Crippen LogP contribution in [0.2, 0.25) is 0 Å². The van der Waals surface area contributed by atoms with Crippen LogP contribution in [0.4, 0.5) is 21.0 Å². The van der Waals surface area contributed by atoms with Gasteiger partial charge in [-0.2, -0.15) is 0 Å². The molecule has 1 N–H and O–H groups in total. The van der Waals surface area contributed by atoms with E-state index in [1.807, 2.05) is 9.80 Å². The van der Waals surface area contributed by atoms with Crippen LogP contribution in [-0.4, -0.2) is 62.8 Å². The molecule has 0 bridgehead atoms. The molecule has 4 aromatic carbocycles. The summed E-state index contributed by atoms with van der Waals surface area (Å²) in [7, 11) is 0. The molecule has 2 heterocycles. The Hall–Kier alpha value is -3.66. The summed E-state index contributed by atoms with van der Waals surface area (Å²) in [5.74, 6) is 0. The van der Waals surface area contributed by atoms with Crippen LogP contribution in [-0.2, 0) is 35.8 Å². The quantitative estimate of drug-likeness (QED) is 0.0801. The number of halogens is 1. The van der Waals surface area contributed by atoms with E-state index in [1.165, 1.54) is 41.0 Å². The molecule has 0 atom stereocenters. The van der Waals surface area contributed by atoms with Gasteiger partial charge >= 0.3 is 63.4 Å². The fourth-order valence-corrected chi connectivity index (χ4v) is 6.65. The van der Waals surface area contributed by atoms with E-state index in [1.54, 1.807) is 29.2 Å². The largest absolute Gasteiger partial charge is 1.00 e. The third-order valence-electron chi connectivity index (χ3n) is 9.77. The topological polar surface area (TPSA) is 142 Å². The van der Waals surface area contributed by atoms with Crippen LogP contribution >= 0.6 is 15.9 Å². The van der Waals surface area contributed by atoms with Crippen molar-refractivity contribution >= 4 is 39.4 Å². The van der Waals surface area contributed by atoms with Gasteiger partial charge in [0.1, 0.15) is 0 Å². The Balaban J connectivity index is 0.000000482. The van der Waals surface area contributed by atoms with Crippen molar-refractivity contribution in [3.63, 3.8) is 0 Å². The van der Waals surface area contributed by atoms with Gasteiger partial charge in [-0.05, 0) is 57.1 Å². The second kappa shape index (κ2) is 22.6. The number of carbonyl (C=O) groups is 2. The summed E-state index contributed by atoms with van der Waals surface area (Å²) in [5.41, 5.74) is 7.44. The summed E-state index contributed by atoms with van der Waals surface area (Å²) in [4.78, 5) is 50.2. The first-order chi connectivity index (χ1) is 26.9. The van der Waals surface area contributed by atoms with Gasteiger partial charge in [-0.25, -0.2) is 9.59 Å². The molecule has 14 heteroatoms. The van der Waals surface area contributed by atoms with Gasteiger partial charge < -0.3 is 21.4 Å². The standard InChI is InChI=1S/C22H27N3O3.C11H15Br.C11H13N3O3.K.H2.H/c1-22(2,3)19-9-5-17(6-10-19)15-23-13-4-14-24(21(23)26)16-18-7-11-20(12-8-18)25(27)28;1-11(2,3)10-6-4-9(8-12)5-7-10;15-11-12-6-1-7-13(11)8-9-2-4-10(5-3-9)14(16)17;;;/h5-12H,4,13-16H2,1-3H3;4-7H,8H2,1-3H3;2-5H,1,6-8H2,(H,12,15);;1H;/q;;;+1;;-1. The summed E-state index contributed by atoms with van der Waals surface area (Å²) in [6.45, 7) is 17.7. The van der Waals surface area contributed by atoms with Crippen LogP contribution in [0.25, 0.3) is 0 Å². The fraction of sp³-hybridized carbons (Fsp3) is 0.409. The van der Waals surface area contributed by atoms with Gasteiger partial charge in [-0.15, -0.1) is 0 Å². The Morgan fingerprint density at radius 3 is 1.29 bits per heavy atom. The molecule has 6 rings (SSSR count). The second-order valence-corrected chi connectivity index (χ2v) is 16.9. The molecule has 4 aromatic rings. The van der Waals surface area contributed by atoms with Crippen molar-refractivity contribution in [1.82, 2.24) is 20.0 Å². The van der Waals surface area contributed by atoms with Crippen molar-refractivity contribution in [2.45, 2.75) is 90.2 Å². The Labute approximate surface area is 396 Å². The van der Waals surface area contributed by atoms with Crippen LogP contribution in [0.1, 0.15) is 90.6 Å². The first kappa shape index (κ1) is 48.7. The van der Waals surface area contributed by atoms with E-state index in [0.29, 0.717) is 26.2 Å². The molecule has 4 amide bonds. The van der Waals surface area contributed by atoms with E-state index in [0.717, 1.165) is 54.5 Å². The molecular weight excluding hydrogens is 828 g/mol. The minimum absolute atomic E-state index is 0. The number of non-ortho nitro benzene ring substituents is 2. The first-order valence-electron chi connectivity index (χ1n) is 19.2. The van der Waals surface area contributed by atoms with Gasteiger partial charge in [0, 0.05) is 76.8 Å². The van der Waals surface area contributed by atoms with Crippen molar-refractivity contribution < 1.29 is 73.7 Å². The number of rotatable bonds is 9. The molecule has 0 spiro atoms. The number of hydrogen-bond donors (Lipinski definition) is 1. The maximum atomic E-state index is 12.9. The number of nitro groups is 2. The minimum Gasteiger partial charge on any atom is -1.00 e. The number of nitro benzene ring substituents is 2. The van der Waals surface area contributed by atoms with Gasteiger partial charge in [0.2, 0.25) is 0 Å².